The van der Waals surface area contributed by atoms with Crippen LogP contribution in [0, 0.1) is 5.82 Å². The Morgan fingerprint density at radius 3 is 2.84 bits per heavy atom. The molecule has 1 aliphatic heterocycles. The standard InChI is InChI=1S/C18H16FN3O3/c1-25-14-7-3-5-12(9-14)17(24)22-18-20-15(10-16(23)21-18)11-4-2-6-13(19)8-11/h2-9,15H,10H2,1H3,(H2,20,21,22,23,24)/t15-/m1/s1. The number of benzene rings is 2. The normalized spacial score (nSPS) is 16.6. The van der Waals surface area contributed by atoms with Crippen molar-refractivity contribution in [3.8, 4) is 5.75 Å². The van der Waals surface area contributed by atoms with Crippen LogP contribution in [0.25, 0.3) is 0 Å². The topological polar surface area (TPSA) is 79.8 Å². The molecule has 0 unspecified atom stereocenters. The number of guanidine groups is 1. The third kappa shape index (κ3) is 4.00. The van der Waals surface area contributed by atoms with Crippen LogP contribution in [-0.4, -0.2) is 24.9 Å². The van der Waals surface area contributed by atoms with Crippen LogP contribution in [0.5, 0.6) is 5.75 Å². The number of methoxy groups -OCH3 is 1. The number of hydrogen-bond acceptors (Lipinski definition) is 4. The lowest BCUT2D eigenvalue weighted by Crippen LogP contribution is -2.47. The van der Waals surface area contributed by atoms with Gasteiger partial charge in [-0.15, -0.1) is 0 Å². The fourth-order valence-corrected chi connectivity index (χ4v) is 2.51. The molecule has 0 spiro atoms. The quantitative estimate of drug-likeness (QED) is 0.898. The first kappa shape index (κ1) is 16.6. The zero-order chi connectivity index (χ0) is 17.8. The van der Waals surface area contributed by atoms with Crippen LogP contribution in [0.15, 0.2) is 53.5 Å². The number of hydrogen-bond donors (Lipinski definition) is 2. The molecule has 1 aliphatic rings. The molecular weight excluding hydrogens is 325 g/mol. The number of amides is 2. The molecule has 2 aromatic rings. The fourth-order valence-electron chi connectivity index (χ4n) is 2.51. The lowest BCUT2D eigenvalue weighted by molar-refractivity contribution is -0.120. The maximum absolute atomic E-state index is 13.4. The smallest absolute Gasteiger partial charge is 0.258 e. The van der Waals surface area contributed by atoms with E-state index in [9.17, 15) is 14.0 Å². The van der Waals surface area contributed by atoms with Crippen LogP contribution in [0.1, 0.15) is 28.4 Å². The van der Waals surface area contributed by atoms with Crippen LogP contribution in [0.2, 0.25) is 0 Å². The first-order valence-corrected chi connectivity index (χ1v) is 7.63. The number of carbonyl (C=O) groups is 2. The molecule has 25 heavy (non-hydrogen) atoms. The molecule has 2 aromatic carbocycles. The molecule has 1 heterocycles. The average Bonchev–Trinajstić information content (AvgIpc) is 2.61. The lowest BCUT2D eigenvalue weighted by Gasteiger charge is -2.21. The van der Waals surface area contributed by atoms with E-state index in [4.69, 9.17) is 4.74 Å². The van der Waals surface area contributed by atoms with Crippen LogP contribution in [0.4, 0.5) is 4.39 Å². The second kappa shape index (κ2) is 7.12. The first-order valence-electron chi connectivity index (χ1n) is 7.63. The summed E-state index contributed by atoms with van der Waals surface area (Å²) in [4.78, 5) is 28.5. The Kier molecular flexibility index (Phi) is 4.74. The minimum Gasteiger partial charge on any atom is -0.497 e. The fraction of sp³-hybridized carbons (Fsp3) is 0.167. The van der Waals surface area contributed by atoms with Gasteiger partial charge >= 0.3 is 0 Å². The van der Waals surface area contributed by atoms with Crippen molar-refractivity contribution in [3.05, 3.63) is 65.5 Å². The highest BCUT2D eigenvalue weighted by atomic mass is 19.1. The van der Waals surface area contributed by atoms with Gasteiger partial charge in [-0.2, -0.15) is 0 Å². The van der Waals surface area contributed by atoms with Crippen LogP contribution >= 0.6 is 0 Å². The molecular formula is C18H16FN3O3. The molecule has 0 bridgehead atoms. The van der Waals surface area contributed by atoms with Crippen molar-refractivity contribution in [2.75, 3.05) is 7.11 Å². The summed E-state index contributed by atoms with van der Waals surface area (Å²) in [7, 11) is 1.51. The highest BCUT2D eigenvalue weighted by molar-refractivity contribution is 6.10. The molecule has 7 heteroatoms. The van der Waals surface area contributed by atoms with Crippen LogP contribution in [0.3, 0.4) is 0 Å². The first-order chi connectivity index (χ1) is 12.0. The van der Waals surface area contributed by atoms with Crippen molar-refractivity contribution in [3.63, 3.8) is 0 Å². The van der Waals surface area contributed by atoms with Gasteiger partial charge in [0, 0.05) is 5.56 Å². The van der Waals surface area contributed by atoms with Gasteiger partial charge in [-0.1, -0.05) is 18.2 Å². The average molecular weight is 341 g/mol. The van der Waals surface area contributed by atoms with Gasteiger partial charge in [0.1, 0.15) is 11.6 Å². The molecule has 0 fully saturated rings. The van der Waals surface area contributed by atoms with Crippen molar-refractivity contribution < 1.29 is 18.7 Å². The third-order valence-electron chi connectivity index (χ3n) is 3.72. The Bertz CT molecular complexity index is 851. The van der Waals surface area contributed by atoms with E-state index in [1.807, 2.05) is 0 Å². The van der Waals surface area contributed by atoms with Crippen LogP contribution < -0.4 is 15.4 Å². The summed E-state index contributed by atoms with van der Waals surface area (Å²) in [5.74, 6) is -0.554. The zero-order valence-corrected chi connectivity index (χ0v) is 13.5. The van der Waals surface area contributed by atoms with Gasteiger partial charge in [0.15, 0.2) is 0 Å². The number of aliphatic imine (C=N–C) groups is 1. The van der Waals surface area contributed by atoms with E-state index in [1.165, 1.54) is 19.2 Å². The number of ether oxygens (including phenoxy) is 1. The third-order valence-corrected chi connectivity index (χ3v) is 3.72. The molecule has 0 radical (unpaired) electrons. The summed E-state index contributed by atoms with van der Waals surface area (Å²) in [6.07, 6.45) is 0.0853. The van der Waals surface area contributed by atoms with E-state index in [0.717, 1.165) is 0 Å². The summed E-state index contributed by atoms with van der Waals surface area (Å²) in [5.41, 5.74) is 0.937. The van der Waals surface area contributed by atoms with E-state index in [2.05, 4.69) is 15.6 Å². The highest BCUT2D eigenvalue weighted by Gasteiger charge is 2.24. The lowest BCUT2D eigenvalue weighted by atomic mass is 10.0. The summed E-state index contributed by atoms with van der Waals surface area (Å²) >= 11 is 0. The molecule has 6 nitrogen and oxygen atoms in total. The van der Waals surface area contributed by atoms with Crippen molar-refractivity contribution in [2.45, 2.75) is 12.5 Å². The van der Waals surface area contributed by atoms with Crippen molar-refractivity contribution in [1.82, 2.24) is 10.6 Å². The van der Waals surface area contributed by atoms with Gasteiger partial charge in [0.2, 0.25) is 11.9 Å². The Hall–Kier alpha value is -3.22. The van der Waals surface area contributed by atoms with Crippen molar-refractivity contribution in [1.29, 1.82) is 0 Å². The van der Waals surface area contributed by atoms with Gasteiger partial charge in [-0.05, 0) is 35.9 Å². The van der Waals surface area contributed by atoms with Gasteiger partial charge in [0.25, 0.3) is 5.91 Å². The largest absolute Gasteiger partial charge is 0.497 e. The number of nitrogens with zero attached hydrogens (tertiary/aromatic N) is 1. The van der Waals surface area contributed by atoms with Crippen molar-refractivity contribution in [2.24, 2.45) is 4.99 Å². The highest BCUT2D eigenvalue weighted by Crippen LogP contribution is 2.24. The Morgan fingerprint density at radius 1 is 1.28 bits per heavy atom. The van der Waals surface area contributed by atoms with Gasteiger partial charge < -0.3 is 4.74 Å². The van der Waals surface area contributed by atoms with Gasteiger partial charge in [-0.25, -0.2) is 9.38 Å². The zero-order valence-electron chi connectivity index (χ0n) is 13.5. The van der Waals surface area contributed by atoms with Gasteiger partial charge in [-0.3, -0.25) is 20.2 Å². The molecule has 128 valence electrons. The minimum absolute atomic E-state index is 0.0401. The molecule has 2 amide bonds. The summed E-state index contributed by atoms with van der Waals surface area (Å²) in [6.45, 7) is 0. The van der Waals surface area contributed by atoms with Gasteiger partial charge in [0.05, 0.1) is 19.6 Å². The molecule has 3 rings (SSSR count). The molecule has 2 N–H and O–H groups in total. The molecule has 0 saturated heterocycles. The predicted molar refractivity (Wildman–Crippen MR) is 89.8 cm³/mol. The minimum atomic E-state index is -0.551. The van der Waals surface area contributed by atoms with E-state index < -0.39 is 17.8 Å². The summed E-state index contributed by atoms with van der Waals surface area (Å²) in [5, 5.41) is 5.08. The molecule has 0 saturated carbocycles. The van der Waals surface area contributed by atoms with E-state index in [1.54, 1.807) is 36.4 Å². The number of halogens is 1. The maximum Gasteiger partial charge on any atom is 0.258 e. The summed E-state index contributed by atoms with van der Waals surface area (Å²) in [6, 6.07) is 11.9. The second-order valence-electron chi connectivity index (χ2n) is 5.49. The molecule has 0 aliphatic carbocycles. The van der Waals surface area contributed by atoms with Crippen LogP contribution in [-0.2, 0) is 4.79 Å². The number of rotatable bonds is 3. The predicted octanol–water partition coefficient (Wildman–Crippen LogP) is 2.18. The Morgan fingerprint density at radius 2 is 2.08 bits per heavy atom. The number of nitrogens with one attached hydrogen (secondary N) is 2. The molecule has 0 aromatic heterocycles. The SMILES string of the molecule is COc1cccc(C(=O)NC2=N[C@@H](c3cccc(F)c3)CC(=O)N2)c1. The van der Waals surface area contributed by atoms with E-state index in [-0.39, 0.29) is 18.3 Å². The monoisotopic (exact) mass is 341 g/mol. The Labute approximate surface area is 143 Å². The second-order valence-corrected chi connectivity index (χ2v) is 5.49. The number of carbonyl (C=O) groups excluding carboxylic acids is 2. The summed E-state index contributed by atoms with van der Waals surface area (Å²) < 4.78 is 18.5. The van der Waals surface area contributed by atoms with Crippen molar-refractivity contribution >= 4 is 17.8 Å². The maximum atomic E-state index is 13.4. The van der Waals surface area contributed by atoms with E-state index >= 15 is 0 Å². The molecule has 1 atom stereocenters. The Balaban J connectivity index is 1.80. The van der Waals surface area contributed by atoms with E-state index in [0.29, 0.717) is 16.9 Å².